The van der Waals surface area contributed by atoms with E-state index in [0.717, 1.165) is 17.3 Å². The van der Waals surface area contributed by atoms with E-state index in [2.05, 4.69) is 20.7 Å². The predicted molar refractivity (Wildman–Crippen MR) is 72.9 cm³/mol. The molecule has 1 heterocycles. The molecule has 2 atom stereocenters. The van der Waals surface area contributed by atoms with E-state index in [1.54, 1.807) is 24.3 Å². The highest BCUT2D eigenvalue weighted by molar-refractivity contribution is 9.10. The number of nitrogens with one attached hydrogen (secondary N) is 1. The molecule has 1 aromatic rings. The van der Waals surface area contributed by atoms with E-state index in [1.807, 2.05) is 6.92 Å². The molecule has 1 aliphatic rings. The Kier molecular flexibility index (Phi) is 4.42. The fourth-order valence-electron chi connectivity index (χ4n) is 2.01. The molecule has 4 nitrogen and oxygen atoms in total. The van der Waals surface area contributed by atoms with Gasteiger partial charge in [0.2, 0.25) is 10.0 Å². The van der Waals surface area contributed by atoms with Crippen molar-refractivity contribution in [1.82, 2.24) is 4.72 Å². The fraction of sp³-hybridized carbons (Fsp3) is 0.500. The zero-order valence-electron chi connectivity index (χ0n) is 10.1. The minimum atomic E-state index is -3.43. The topological polar surface area (TPSA) is 55.4 Å². The highest BCUT2D eigenvalue weighted by Crippen LogP contribution is 2.18. The molecule has 1 aliphatic heterocycles. The number of benzene rings is 1. The van der Waals surface area contributed by atoms with Gasteiger partial charge in [0.25, 0.3) is 0 Å². The Labute approximate surface area is 116 Å². The molecule has 1 fully saturated rings. The Morgan fingerprint density at radius 2 is 2.00 bits per heavy atom. The highest BCUT2D eigenvalue weighted by atomic mass is 79.9. The van der Waals surface area contributed by atoms with Crippen molar-refractivity contribution in [2.45, 2.75) is 36.8 Å². The largest absolute Gasteiger partial charge is 0.378 e. The summed E-state index contributed by atoms with van der Waals surface area (Å²) in [4.78, 5) is 0.296. The smallest absolute Gasteiger partial charge is 0.240 e. The van der Waals surface area contributed by atoms with Gasteiger partial charge in [-0.25, -0.2) is 13.1 Å². The third-order valence-electron chi connectivity index (χ3n) is 2.93. The van der Waals surface area contributed by atoms with Gasteiger partial charge >= 0.3 is 0 Å². The van der Waals surface area contributed by atoms with Gasteiger partial charge in [0.15, 0.2) is 0 Å². The molecule has 0 saturated carbocycles. The van der Waals surface area contributed by atoms with Gasteiger partial charge in [-0.15, -0.1) is 0 Å². The van der Waals surface area contributed by atoms with Gasteiger partial charge in [-0.3, -0.25) is 0 Å². The van der Waals surface area contributed by atoms with Crippen molar-refractivity contribution in [3.63, 3.8) is 0 Å². The number of ether oxygens (including phenoxy) is 1. The Morgan fingerprint density at radius 3 is 2.61 bits per heavy atom. The zero-order valence-corrected chi connectivity index (χ0v) is 12.5. The summed E-state index contributed by atoms with van der Waals surface area (Å²) in [5.41, 5.74) is 0. The van der Waals surface area contributed by atoms with E-state index in [9.17, 15) is 8.42 Å². The van der Waals surface area contributed by atoms with Gasteiger partial charge in [-0.05, 0) is 44.0 Å². The first-order valence-electron chi connectivity index (χ1n) is 5.87. The second-order valence-corrected chi connectivity index (χ2v) is 7.11. The zero-order chi connectivity index (χ0) is 13.2. The first kappa shape index (κ1) is 14.0. The van der Waals surface area contributed by atoms with E-state index >= 15 is 0 Å². The lowest BCUT2D eigenvalue weighted by molar-refractivity contribution is 0.0173. The van der Waals surface area contributed by atoms with Gasteiger partial charge < -0.3 is 4.74 Å². The van der Waals surface area contributed by atoms with E-state index < -0.39 is 10.0 Å². The molecule has 0 amide bonds. The maximum absolute atomic E-state index is 12.2. The normalized spacial score (nSPS) is 25.0. The molecular weight excluding hydrogens is 318 g/mol. The summed E-state index contributed by atoms with van der Waals surface area (Å²) >= 11 is 3.29. The van der Waals surface area contributed by atoms with Crippen molar-refractivity contribution in [3.05, 3.63) is 28.7 Å². The van der Waals surface area contributed by atoms with Crippen LogP contribution in [0.4, 0.5) is 0 Å². The molecule has 2 unspecified atom stereocenters. The van der Waals surface area contributed by atoms with Crippen LogP contribution in [0.25, 0.3) is 0 Å². The second kappa shape index (κ2) is 5.69. The van der Waals surface area contributed by atoms with Crippen molar-refractivity contribution < 1.29 is 13.2 Å². The number of hydrogen-bond acceptors (Lipinski definition) is 3. The van der Waals surface area contributed by atoms with Crippen LogP contribution in [0, 0.1) is 0 Å². The molecule has 18 heavy (non-hydrogen) atoms. The minimum absolute atomic E-state index is 0.0394. The number of halogens is 1. The number of rotatable bonds is 3. The maximum Gasteiger partial charge on any atom is 0.240 e. The van der Waals surface area contributed by atoms with Gasteiger partial charge in [0.1, 0.15) is 0 Å². The number of sulfonamides is 1. The summed E-state index contributed by atoms with van der Waals surface area (Å²) in [7, 11) is -3.43. The SMILES string of the molecule is CC1CC(NS(=O)(=O)c2ccc(Br)cc2)CCO1. The molecular formula is C12H16BrNO3S. The molecule has 0 aliphatic carbocycles. The van der Waals surface area contributed by atoms with Crippen LogP contribution in [0.5, 0.6) is 0 Å². The van der Waals surface area contributed by atoms with Crippen LogP contribution in [0.3, 0.4) is 0 Å². The molecule has 6 heteroatoms. The molecule has 1 N–H and O–H groups in total. The fourth-order valence-corrected chi connectivity index (χ4v) is 3.55. The minimum Gasteiger partial charge on any atom is -0.378 e. The van der Waals surface area contributed by atoms with Crippen LogP contribution in [-0.2, 0) is 14.8 Å². The second-order valence-electron chi connectivity index (χ2n) is 4.48. The molecule has 100 valence electrons. The maximum atomic E-state index is 12.2. The van der Waals surface area contributed by atoms with Crippen LogP contribution in [-0.4, -0.2) is 27.2 Å². The summed E-state index contributed by atoms with van der Waals surface area (Å²) in [6.45, 7) is 2.56. The Hall–Kier alpha value is -0.430. The summed E-state index contributed by atoms with van der Waals surface area (Å²) in [5, 5.41) is 0. The molecule has 0 bridgehead atoms. The Morgan fingerprint density at radius 1 is 1.33 bits per heavy atom. The van der Waals surface area contributed by atoms with E-state index in [0.29, 0.717) is 11.5 Å². The van der Waals surface area contributed by atoms with Gasteiger partial charge in [-0.2, -0.15) is 0 Å². The predicted octanol–water partition coefficient (Wildman–Crippen LogP) is 2.29. The Bertz CT molecular complexity index is 501. The standard InChI is InChI=1S/C12H16BrNO3S/c1-9-8-11(6-7-17-9)14-18(15,16)12-4-2-10(13)3-5-12/h2-5,9,11,14H,6-8H2,1H3. The molecule has 0 radical (unpaired) electrons. The lowest BCUT2D eigenvalue weighted by atomic mass is 10.1. The molecule has 0 aromatic heterocycles. The van der Waals surface area contributed by atoms with Gasteiger partial charge in [0.05, 0.1) is 11.0 Å². The first-order chi connectivity index (χ1) is 8.47. The molecule has 2 rings (SSSR count). The van der Waals surface area contributed by atoms with Crippen LogP contribution >= 0.6 is 15.9 Å². The van der Waals surface area contributed by atoms with Crippen molar-refractivity contribution >= 4 is 26.0 Å². The van der Waals surface area contributed by atoms with Crippen molar-refractivity contribution in [3.8, 4) is 0 Å². The monoisotopic (exact) mass is 333 g/mol. The van der Waals surface area contributed by atoms with Crippen LogP contribution < -0.4 is 4.72 Å². The summed E-state index contributed by atoms with van der Waals surface area (Å²) in [5.74, 6) is 0. The average molecular weight is 334 g/mol. The summed E-state index contributed by atoms with van der Waals surface area (Å²) in [6, 6.07) is 6.59. The Balaban J connectivity index is 2.09. The van der Waals surface area contributed by atoms with Crippen molar-refractivity contribution in [2.75, 3.05) is 6.61 Å². The molecule has 0 spiro atoms. The summed E-state index contributed by atoms with van der Waals surface area (Å²) < 4.78 is 33.3. The van der Waals surface area contributed by atoms with Crippen LogP contribution in [0.15, 0.2) is 33.6 Å². The van der Waals surface area contributed by atoms with E-state index in [-0.39, 0.29) is 12.1 Å². The van der Waals surface area contributed by atoms with Crippen molar-refractivity contribution in [2.24, 2.45) is 0 Å². The lowest BCUT2D eigenvalue weighted by Crippen LogP contribution is -2.41. The van der Waals surface area contributed by atoms with Crippen LogP contribution in [0.1, 0.15) is 19.8 Å². The number of hydrogen-bond donors (Lipinski definition) is 1. The molecule has 1 saturated heterocycles. The van der Waals surface area contributed by atoms with Crippen LogP contribution in [0.2, 0.25) is 0 Å². The van der Waals surface area contributed by atoms with E-state index in [1.165, 1.54) is 0 Å². The quantitative estimate of drug-likeness (QED) is 0.923. The summed E-state index contributed by atoms with van der Waals surface area (Å²) in [6.07, 6.45) is 1.55. The van der Waals surface area contributed by atoms with E-state index in [4.69, 9.17) is 4.74 Å². The van der Waals surface area contributed by atoms with Gasteiger partial charge in [-0.1, -0.05) is 15.9 Å². The lowest BCUT2D eigenvalue weighted by Gasteiger charge is -2.27. The first-order valence-corrected chi connectivity index (χ1v) is 8.14. The average Bonchev–Trinajstić information content (AvgIpc) is 2.29. The third-order valence-corrected chi connectivity index (χ3v) is 5.00. The highest BCUT2D eigenvalue weighted by Gasteiger charge is 2.24. The molecule has 1 aromatic carbocycles. The van der Waals surface area contributed by atoms with Crippen molar-refractivity contribution in [1.29, 1.82) is 0 Å². The third kappa shape index (κ3) is 3.54. The van der Waals surface area contributed by atoms with Gasteiger partial charge in [0, 0.05) is 17.1 Å².